The van der Waals surface area contributed by atoms with Crippen LogP contribution in [-0.2, 0) is 4.74 Å². The molecule has 5 heteroatoms. The van der Waals surface area contributed by atoms with Crippen molar-refractivity contribution in [2.45, 2.75) is 26.4 Å². The Hall–Kier alpha value is -1.07. The Morgan fingerprint density at radius 1 is 1.25 bits per heavy atom. The molecule has 0 N–H and O–H groups in total. The molecule has 0 spiro atoms. The van der Waals surface area contributed by atoms with Gasteiger partial charge in [0.25, 0.3) is 0 Å². The number of hydrogen-bond donors (Lipinski definition) is 0. The first kappa shape index (κ1) is 15.3. The van der Waals surface area contributed by atoms with Crippen molar-refractivity contribution < 1.29 is 9.53 Å². The summed E-state index contributed by atoms with van der Waals surface area (Å²) in [5.41, 5.74) is 1.34. The summed E-state index contributed by atoms with van der Waals surface area (Å²) in [6.45, 7) is 5.56. The summed E-state index contributed by atoms with van der Waals surface area (Å²) in [5, 5.41) is 0.995. The average molecular weight is 401 g/mol. The van der Waals surface area contributed by atoms with Crippen LogP contribution >= 0.6 is 31.9 Å². The lowest BCUT2D eigenvalue weighted by atomic mass is 10.1. The van der Waals surface area contributed by atoms with Crippen LogP contribution in [0.5, 0.6) is 0 Å². The molecule has 0 atom stereocenters. The molecule has 0 saturated heterocycles. The monoisotopic (exact) mass is 399 g/mol. The second-order valence-electron chi connectivity index (χ2n) is 5.38. The SMILES string of the molecule is CC(C)(C)OC(=O)n1ccc2c(C=C(Br)Br)cccc21. The number of rotatable bonds is 1. The highest BCUT2D eigenvalue weighted by Crippen LogP contribution is 2.26. The van der Waals surface area contributed by atoms with Crippen LogP contribution in [0.1, 0.15) is 26.3 Å². The lowest BCUT2D eigenvalue weighted by molar-refractivity contribution is 0.0544. The number of halogens is 2. The van der Waals surface area contributed by atoms with Crippen LogP contribution in [0, 0.1) is 0 Å². The van der Waals surface area contributed by atoms with Crippen molar-refractivity contribution in [3.8, 4) is 0 Å². The minimum Gasteiger partial charge on any atom is -0.443 e. The summed E-state index contributed by atoms with van der Waals surface area (Å²) in [4.78, 5) is 12.2. The number of fused-ring (bicyclic) bond motifs is 1. The number of benzene rings is 1. The number of ether oxygens (including phenoxy) is 1. The highest BCUT2D eigenvalue weighted by atomic mass is 79.9. The van der Waals surface area contributed by atoms with Crippen LogP contribution in [0.25, 0.3) is 17.0 Å². The molecule has 0 aliphatic carbocycles. The zero-order chi connectivity index (χ0) is 14.9. The fourth-order valence-electron chi connectivity index (χ4n) is 1.91. The molecule has 0 amide bonds. The number of hydrogen-bond acceptors (Lipinski definition) is 2. The molecule has 0 aliphatic rings. The Morgan fingerprint density at radius 3 is 2.55 bits per heavy atom. The first-order valence-electron chi connectivity index (χ1n) is 6.14. The van der Waals surface area contributed by atoms with E-state index in [-0.39, 0.29) is 6.09 Å². The van der Waals surface area contributed by atoms with Crippen molar-refractivity contribution in [3.63, 3.8) is 0 Å². The first-order chi connectivity index (χ1) is 9.28. The Morgan fingerprint density at radius 2 is 1.95 bits per heavy atom. The van der Waals surface area contributed by atoms with Crippen LogP contribution in [0.15, 0.2) is 33.9 Å². The first-order valence-corrected chi connectivity index (χ1v) is 7.73. The molecule has 0 unspecified atom stereocenters. The van der Waals surface area contributed by atoms with Gasteiger partial charge in [0.1, 0.15) is 5.60 Å². The van der Waals surface area contributed by atoms with Crippen molar-refractivity contribution in [3.05, 3.63) is 39.4 Å². The molecule has 0 fully saturated rings. The molecular weight excluding hydrogens is 386 g/mol. The van der Waals surface area contributed by atoms with Crippen LogP contribution < -0.4 is 0 Å². The van der Waals surface area contributed by atoms with Crippen LogP contribution in [0.2, 0.25) is 0 Å². The third-order valence-electron chi connectivity index (χ3n) is 2.62. The highest BCUT2D eigenvalue weighted by molar-refractivity contribution is 9.28. The van der Waals surface area contributed by atoms with Crippen molar-refractivity contribution in [1.82, 2.24) is 4.57 Å². The van der Waals surface area contributed by atoms with E-state index in [1.807, 2.05) is 51.1 Å². The summed E-state index contributed by atoms with van der Waals surface area (Å²) in [5.74, 6) is 0. The van der Waals surface area contributed by atoms with E-state index in [0.29, 0.717) is 0 Å². The average Bonchev–Trinajstić information content (AvgIpc) is 2.70. The lowest BCUT2D eigenvalue weighted by Gasteiger charge is -2.19. The van der Waals surface area contributed by atoms with Crippen LogP contribution in [-0.4, -0.2) is 16.3 Å². The maximum absolute atomic E-state index is 12.2. The quantitative estimate of drug-likeness (QED) is 0.631. The van der Waals surface area contributed by atoms with Gasteiger partial charge in [0.15, 0.2) is 0 Å². The van der Waals surface area contributed by atoms with Crippen molar-refractivity contribution >= 4 is 54.9 Å². The predicted molar refractivity (Wildman–Crippen MR) is 89.4 cm³/mol. The summed E-state index contributed by atoms with van der Waals surface area (Å²) < 4.78 is 7.78. The third-order valence-corrected chi connectivity index (χ3v) is 3.08. The molecule has 2 rings (SSSR count). The van der Waals surface area contributed by atoms with E-state index in [2.05, 4.69) is 31.9 Å². The molecule has 1 heterocycles. The minimum atomic E-state index is -0.510. The summed E-state index contributed by atoms with van der Waals surface area (Å²) in [7, 11) is 0. The normalized spacial score (nSPS) is 11.4. The second-order valence-corrected chi connectivity index (χ2v) is 8.15. The molecule has 20 heavy (non-hydrogen) atoms. The molecule has 0 aliphatic heterocycles. The summed E-state index contributed by atoms with van der Waals surface area (Å²) >= 11 is 6.70. The minimum absolute atomic E-state index is 0.369. The van der Waals surface area contributed by atoms with Gasteiger partial charge in [-0.25, -0.2) is 4.79 Å². The smallest absolute Gasteiger partial charge is 0.418 e. The number of aromatic nitrogens is 1. The van der Waals surface area contributed by atoms with E-state index in [9.17, 15) is 4.79 Å². The van der Waals surface area contributed by atoms with Crippen molar-refractivity contribution in [2.75, 3.05) is 0 Å². The van der Waals surface area contributed by atoms with Gasteiger partial charge in [-0.3, -0.25) is 4.57 Å². The van der Waals surface area contributed by atoms with Gasteiger partial charge >= 0.3 is 6.09 Å². The molecule has 106 valence electrons. The standard InChI is InChI=1S/C15H15Br2NO2/c1-15(2,3)20-14(19)18-8-7-11-10(9-13(16)17)5-4-6-12(11)18/h4-9H,1-3H3. The largest absolute Gasteiger partial charge is 0.443 e. The third kappa shape index (κ3) is 3.52. The molecule has 3 nitrogen and oxygen atoms in total. The Balaban J connectivity index is 2.48. The Bertz CT molecular complexity index is 677. The predicted octanol–water partition coefficient (Wildman–Crippen LogP) is 5.51. The van der Waals surface area contributed by atoms with Crippen LogP contribution in [0.4, 0.5) is 4.79 Å². The molecule has 0 radical (unpaired) electrons. The van der Waals surface area contributed by atoms with Gasteiger partial charge in [-0.2, -0.15) is 0 Å². The van der Waals surface area contributed by atoms with Gasteiger partial charge in [-0.1, -0.05) is 12.1 Å². The van der Waals surface area contributed by atoms with E-state index in [0.717, 1.165) is 19.9 Å². The summed E-state index contributed by atoms with van der Waals surface area (Å²) in [6.07, 6.45) is 3.31. The van der Waals surface area contributed by atoms with Crippen molar-refractivity contribution in [2.24, 2.45) is 0 Å². The molecule has 0 bridgehead atoms. The molecular formula is C15H15Br2NO2. The van der Waals surface area contributed by atoms with E-state index in [1.165, 1.54) is 4.57 Å². The van der Waals surface area contributed by atoms with E-state index >= 15 is 0 Å². The van der Waals surface area contributed by atoms with Gasteiger partial charge in [-0.15, -0.1) is 0 Å². The Kier molecular flexibility index (Phi) is 4.39. The molecule has 1 aromatic carbocycles. The summed E-state index contributed by atoms with van der Waals surface area (Å²) in [6, 6.07) is 7.72. The fraction of sp³-hybridized carbons (Fsp3) is 0.267. The topological polar surface area (TPSA) is 31.2 Å². The van der Waals surface area contributed by atoms with Crippen LogP contribution in [0.3, 0.4) is 0 Å². The van der Waals surface area contributed by atoms with E-state index in [1.54, 1.807) is 6.20 Å². The van der Waals surface area contributed by atoms with Gasteiger partial charge in [0, 0.05) is 11.6 Å². The number of carbonyl (C=O) groups is 1. The molecule has 0 saturated carbocycles. The maximum atomic E-state index is 12.2. The van der Waals surface area contributed by atoms with Gasteiger partial charge in [0.05, 0.1) is 8.91 Å². The number of nitrogens with zero attached hydrogens (tertiary/aromatic N) is 1. The van der Waals surface area contributed by atoms with Gasteiger partial charge < -0.3 is 4.74 Å². The van der Waals surface area contributed by atoms with E-state index in [4.69, 9.17) is 4.74 Å². The zero-order valence-corrected chi connectivity index (χ0v) is 14.7. The maximum Gasteiger partial charge on any atom is 0.418 e. The van der Waals surface area contributed by atoms with Gasteiger partial charge in [-0.05, 0) is 76.4 Å². The molecule has 2 aromatic rings. The number of carbonyl (C=O) groups excluding carboxylic acids is 1. The Labute approximate surface area is 134 Å². The van der Waals surface area contributed by atoms with Gasteiger partial charge in [0.2, 0.25) is 0 Å². The zero-order valence-electron chi connectivity index (χ0n) is 11.5. The lowest BCUT2D eigenvalue weighted by Crippen LogP contribution is -2.26. The second kappa shape index (κ2) is 5.74. The van der Waals surface area contributed by atoms with Crippen molar-refractivity contribution in [1.29, 1.82) is 0 Å². The fourth-order valence-corrected chi connectivity index (χ4v) is 2.40. The molecule has 1 aromatic heterocycles. The highest BCUT2D eigenvalue weighted by Gasteiger charge is 2.19. The van der Waals surface area contributed by atoms with E-state index < -0.39 is 5.60 Å².